The van der Waals surface area contributed by atoms with Gasteiger partial charge in [0.15, 0.2) is 8.32 Å². The third-order valence-corrected chi connectivity index (χ3v) is 10.3. The predicted molar refractivity (Wildman–Crippen MR) is 120 cm³/mol. The highest BCUT2D eigenvalue weighted by Gasteiger charge is 2.39. The van der Waals surface area contributed by atoms with Crippen LogP contribution >= 0.6 is 0 Å². The Labute approximate surface area is 167 Å². The molecule has 3 heteroatoms. The summed E-state index contributed by atoms with van der Waals surface area (Å²) in [4.78, 5) is 2.46. The first-order valence-corrected chi connectivity index (χ1v) is 13.0. The van der Waals surface area contributed by atoms with E-state index >= 15 is 0 Å². The summed E-state index contributed by atoms with van der Waals surface area (Å²) >= 11 is 0. The molecule has 1 aromatic rings. The van der Waals surface area contributed by atoms with E-state index < -0.39 is 8.32 Å². The van der Waals surface area contributed by atoms with Crippen LogP contribution < -0.4 is 0 Å². The summed E-state index contributed by atoms with van der Waals surface area (Å²) in [5.74, 6) is 0. The van der Waals surface area contributed by atoms with Gasteiger partial charge in [-0.1, -0.05) is 69.8 Å². The molecule has 1 heterocycles. The maximum absolute atomic E-state index is 6.72. The van der Waals surface area contributed by atoms with Gasteiger partial charge < -0.3 is 4.43 Å². The molecule has 0 N–H and O–H groups in total. The van der Waals surface area contributed by atoms with E-state index in [9.17, 15) is 0 Å². The molecule has 0 radical (unpaired) electrons. The van der Waals surface area contributed by atoms with E-state index in [4.69, 9.17) is 4.43 Å². The number of rotatable bonds is 8. The number of benzene rings is 1. The van der Waals surface area contributed by atoms with Gasteiger partial charge in [-0.3, -0.25) is 4.90 Å². The fourth-order valence-electron chi connectivity index (χ4n) is 3.14. The molecule has 0 amide bonds. The van der Waals surface area contributed by atoms with E-state index in [1.807, 2.05) is 6.08 Å². The van der Waals surface area contributed by atoms with Crippen LogP contribution in [0.1, 0.15) is 39.2 Å². The lowest BCUT2D eigenvalue weighted by molar-refractivity contribution is 0.215. The maximum atomic E-state index is 6.72. The second kappa shape index (κ2) is 9.18. The van der Waals surface area contributed by atoms with Crippen molar-refractivity contribution in [3.8, 4) is 0 Å². The lowest BCUT2D eigenvalue weighted by Crippen LogP contribution is -2.43. The quantitative estimate of drug-likeness (QED) is 0.383. The minimum Gasteiger partial charge on any atom is -0.411 e. The summed E-state index contributed by atoms with van der Waals surface area (Å²) in [6, 6.07) is 10.7. The van der Waals surface area contributed by atoms with Gasteiger partial charge in [0, 0.05) is 19.6 Å². The molecule has 0 spiro atoms. The van der Waals surface area contributed by atoms with Crippen molar-refractivity contribution in [2.45, 2.75) is 64.4 Å². The van der Waals surface area contributed by atoms with E-state index in [0.29, 0.717) is 0 Å². The van der Waals surface area contributed by atoms with Gasteiger partial charge in [0.25, 0.3) is 0 Å². The molecule has 0 aromatic heterocycles. The SMILES string of the molecule is C=CCCC(/C=C1\CN(Cc2ccccc2)CC1=C)O[Si](C)(C)C(C)(C)C. The molecule has 1 aliphatic rings. The lowest BCUT2D eigenvalue weighted by atomic mass is 10.1. The minimum atomic E-state index is -1.81. The Bertz CT molecular complexity index is 669. The smallest absolute Gasteiger partial charge is 0.192 e. The van der Waals surface area contributed by atoms with Gasteiger partial charge in [-0.05, 0) is 47.7 Å². The summed E-state index contributed by atoms with van der Waals surface area (Å²) in [5.41, 5.74) is 3.93. The summed E-state index contributed by atoms with van der Waals surface area (Å²) in [7, 11) is -1.81. The first-order chi connectivity index (χ1) is 12.6. The van der Waals surface area contributed by atoms with E-state index in [1.165, 1.54) is 16.7 Å². The Hall–Kier alpha value is -1.42. The van der Waals surface area contributed by atoms with Crippen molar-refractivity contribution < 1.29 is 4.43 Å². The number of likely N-dealkylation sites (tertiary alicyclic amines) is 1. The van der Waals surface area contributed by atoms with Gasteiger partial charge >= 0.3 is 0 Å². The zero-order chi connectivity index (χ0) is 20.1. The number of nitrogens with zero attached hydrogens (tertiary/aromatic N) is 1. The molecule has 148 valence electrons. The molecule has 2 nitrogen and oxygen atoms in total. The zero-order valence-corrected chi connectivity index (χ0v) is 18.9. The van der Waals surface area contributed by atoms with Crippen LogP contribution in [-0.2, 0) is 11.0 Å². The minimum absolute atomic E-state index is 0.146. The van der Waals surface area contributed by atoms with Crippen molar-refractivity contribution in [1.82, 2.24) is 4.90 Å². The van der Waals surface area contributed by atoms with Crippen molar-refractivity contribution in [1.29, 1.82) is 0 Å². The molecule has 0 saturated carbocycles. The normalized spacial score (nSPS) is 18.9. The molecule has 27 heavy (non-hydrogen) atoms. The molecule has 1 aromatic carbocycles. The van der Waals surface area contributed by atoms with E-state index in [0.717, 1.165) is 32.5 Å². The second-order valence-electron chi connectivity index (χ2n) is 9.21. The molecule has 0 bridgehead atoms. The third kappa shape index (κ3) is 6.30. The Morgan fingerprint density at radius 2 is 1.85 bits per heavy atom. The number of hydrogen-bond donors (Lipinski definition) is 0. The molecule has 1 aliphatic heterocycles. The lowest BCUT2D eigenvalue weighted by Gasteiger charge is -2.38. The fourth-order valence-corrected chi connectivity index (χ4v) is 4.44. The van der Waals surface area contributed by atoms with Gasteiger partial charge in [-0.2, -0.15) is 0 Å². The molecular formula is C24H37NOSi. The second-order valence-corrected chi connectivity index (χ2v) is 14.0. The highest BCUT2D eigenvalue weighted by molar-refractivity contribution is 6.74. The van der Waals surface area contributed by atoms with Crippen LogP contribution in [0.3, 0.4) is 0 Å². The Kier molecular flexibility index (Phi) is 7.44. The van der Waals surface area contributed by atoms with Crippen molar-refractivity contribution in [3.05, 3.63) is 72.4 Å². The molecule has 0 aliphatic carbocycles. The monoisotopic (exact) mass is 383 g/mol. The first-order valence-electron chi connectivity index (χ1n) is 10.1. The molecule has 1 saturated heterocycles. The van der Waals surface area contributed by atoms with Crippen molar-refractivity contribution in [2.75, 3.05) is 13.1 Å². The molecule has 1 unspecified atom stereocenters. The number of hydrogen-bond acceptors (Lipinski definition) is 2. The van der Waals surface area contributed by atoms with Gasteiger partial charge in [0.05, 0.1) is 6.10 Å². The summed E-state index contributed by atoms with van der Waals surface area (Å²) in [6.45, 7) is 22.6. The summed E-state index contributed by atoms with van der Waals surface area (Å²) < 4.78 is 6.72. The Morgan fingerprint density at radius 1 is 1.19 bits per heavy atom. The fraction of sp³-hybridized carbons (Fsp3) is 0.500. The Balaban J connectivity index is 2.10. The topological polar surface area (TPSA) is 12.5 Å². The van der Waals surface area contributed by atoms with Gasteiger partial charge in [0.1, 0.15) is 0 Å². The highest BCUT2D eigenvalue weighted by Crippen LogP contribution is 2.38. The molecule has 1 atom stereocenters. The van der Waals surface area contributed by atoms with Crippen LogP contribution in [0.25, 0.3) is 0 Å². The van der Waals surface area contributed by atoms with Crippen LogP contribution in [0.5, 0.6) is 0 Å². The largest absolute Gasteiger partial charge is 0.411 e. The van der Waals surface area contributed by atoms with Crippen molar-refractivity contribution >= 4 is 8.32 Å². The van der Waals surface area contributed by atoms with Crippen LogP contribution in [0.4, 0.5) is 0 Å². The standard InChI is InChI=1S/C24H37NOSi/c1-8-9-15-23(26-27(6,7)24(3,4)5)16-22-19-25(17-20(22)2)18-21-13-11-10-12-14-21/h8,10-14,16,23H,1-2,9,15,17-19H2,3-7H3/b22-16+. The van der Waals surface area contributed by atoms with Crippen molar-refractivity contribution in [2.24, 2.45) is 0 Å². The zero-order valence-electron chi connectivity index (χ0n) is 17.9. The predicted octanol–water partition coefficient (Wildman–Crippen LogP) is 6.34. The van der Waals surface area contributed by atoms with Gasteiger partial charge in [-0.15, -0.1) is 6.58 Å². The average molecular weight is 384 g/mol. The molecule has 2 rings (SSSR count). The van der Waals surface area contributed by atoms with E-state index in [-0.39, 0.29) is 11.1 Å². The molecular weight excluding hydrogens is 346 g/mol. The maximum Gasteiger partial charge on any atom is 0.192 e. The van der Waals surface area contributed by atoms with E-state index in [1.54, 1.807) is 0 Å². The van der Waals surface area contributed by atoms with Crippen LogP contribution in [0, 0.1) is 0 Å². The van der Waals surface area contributed by atoms with Crippen molar-refractivity contribution in [3.63, 3.8) is 0 Å². The third-order valence-electron chi connectivity index (χ3n) is 5.81. The average Bonchev–Trinajstić information content (AvgIpc) is 2.91. The van der Waals surface area contributed by atoms with Gasteiger partial charge in [-0.25, -0.2) is 0 Å². The van der Waals surface area contributed by atoms with E-state index in [2.05, 4.69) is 88.3 Å². The highest BCUT2D eigenvalue weighted by atomic mass is 28.4. The molecule has 1 fully saturated rings. The number of allylic oxidation sites excluding steroid dienone is 1. The van der Waals surface area contributed by atoms with Crippen LogP contribution in [-0.4, -0.2) is 32.4 Å². The first kappa shape index (κ1) is 21.9. The summed E-state index contributed by atoms with van der Waals surface area (Å²) in [6.07, 6.45) is 6.45. The van der Waals surface area contributed by atoms with Crippen LogP contribution in [0.2, 0.25) is 18.1 Å². The van der Waals surface area contributed by atoms with Crippen LogP contribution in [0.15, 0.2) is 66.8 Å². The Morgan fingerprint density at radius 3 is 2.44 bits per heavy atom. The summed E-state index contributed by atoms with van der Waals surface area (Å²) in [5, 5.41) is 0.212. The van der Waals surface area contributed by atoms with Gasteiger partial charge in [0.2, 0.25) is 0 Å².